The lowest BCUT2D eigenvalue weighted by molar-refractivity contribution is 0.215. The SMILES string of the molecule is Cc1ncsc1CN(C)C(c1ccc(Br)s1)C(C)N. The Hall–Kier alpha value is -0.270. The number of thiophene rings is 1. The zero-order chi connectivity index (χ0) is 14.0. The molecule has 0 fully saturated rings. The third-order valence-corrected chi connectivity index (χ3v) is 5.71. The number of aromatic nitrogens is 1. The van der Waals surface area contributed by atoms with Crippen LogP contribution in [0.25, 0.3) is 0 Å². The van der Waals surface area contributed by atoms with Crippen molar-refractivity contribution in [1.29, 1.82) is 0 Å². The van der Waals surface area contributed by atoms with Crippen molar-refractivity contribution < 1.29 is 0 Å². The van der Waals surface area contributed by atoms with Crippen LogP contribution in [-0.2, 0) is 6.54 Å². The Morgan fingerprint density at radius 1 is 1.47 bits per heavy atom. The first-order valence-electron chi connectivity index (χ1n) is 6.09. The van der Waals surface area contributed by atoms with Gasteiger partial charge in [0.2, 0.25) is 0 Å². The number of aryl methyl sites for hydroxylation is 1. The Labute approximate surface area is 130 Å². The Balaban J connectivity index is 2.18. The summed E-state index contributed by atoms with van der Waals surface area (Å²) in [5, 5.41) is 0. The van der Waals surface area contributed by atoms with Gasteiger partial charge in [-0.1, -0.05) is 0 Å². The minimum Gasteiger partial charge on any atom is -0.326 e. The maximum atomic E-state index is 6.18. The standard InChI is InChI=1S/C13H18BrN3S2/c1-8(15)13(10-4-5-12(14)19-10)17(3)6-11-9(2)16-7-18-11/h4-5,7-8,13H,6,15H2,1-3H3. The first-order valence-corrected chi connectivity index (χ1v) is 8.58. The summed E-state index contributed by atoms with van der Waals surface area (Å²) >= 11 is 6.98. The van der Waals surface area contributed by atoms with Crippen molar-refractivity contribution in [3.8, 4) is 0 Å². The van der Waals surface area contributed by atoms with Gasteiger partial charge in [0.15, 0.2) is 0 Å². The summed E-state index contributed by atoms with van der Waals surface area (Å²) in [7, 11) is 2.13. The van der Waals surface area contributed by atoms with Crippen LogP contribution in [-0.4, -0.2) is 23.0 Å². The smallest absolute Gasteiger partial charge is 0.0798 e. The summed E-state index contributed by atoms with van der Waals surface area (Å²) in [5.41, 5.74) is 9.21. The van der Waals surface area contributed by atoms with Gasteiger partial charge in [-0.05, 0) is 49.0 Å². The van der Waals surface area contributed by atoms with Crippen LogP contribution in [0.15, 0.2) is 21.4 Å². The molecule has 0 aliphatic rings. The zero-order valence-corrected chi connectivity index (χ0v) is 14.5. The quantitative estimate of drug-likeness (QED) is 0.882. The van der Waals surface area contributed by atoms with E-state index in [-0.39, 0.29) is 12.1 Å². The van der Waals surface area contributed by atoms with Gasteiger partial charge in [0.1, 0.15) is 0 Å². The number of likely N-dealkylation sites (N-methyl/N-ethyl adjacent to an activating group) is 1. The van der Waals surface area contributed by atoms with Crippen LogP contribution in [0.1, 0.15) is 28.4 Å². The van der Waals surface area contributed by atoms with Gasteiger partial charge < -0.3 is 5.73 Å². The van der Waals surface area contributed by atoms with Crippen LogP contribution in [0.3, 0.4) is 0 Å². The third kappa shape index (κ3) is 3.64. The van der Waals surface area contributed by atoms with Crippen molar-refractivity contribution >= 4 is 38.6 Å². The number of rotatable bonds is 5. The van der Waals surface area contributed by atoms with Crippen LogP contribution in [0.2, 0.25) is 0 Å². The van der Waals surface area contributed by atoms with E-state index >= 15 is 0 Å². The molecule has 3 nitrogen and oxygen atoms in total. The van der Waals surface area contributed by atoms with Crippen molar-refractivity contribution in [3.63, 3.8) is 0 Å². The fraction of sp³-hybridized carbons (Fsp3) is 0.462. The van der Waals surface area contributed by atoms with Crippen molar-refractivity contribution in [1.82, 2.24) is 9.88 Å². The molecule has 0 radical (unpaired) electrons. The molecule has 2 aromatic heterocycles. The average molecular weight is 360 g/mol. The summed E-state index contributed by atoms with van der Waals surface area (Å²) in [6, 6.07) is 4.56. The second-order valence-corrected chi connectivity index (χ2v) is 8.16. The highest BCUT2D eigenvalue weighted by Gasteiger charge is 2.23. The van der Waals surface area contributed by atoms with Crippen LogP contribution in [0.4, 0.5) is 0 Å². The van der Waals surface area contributed by atoms with Gasteiger partial charge >= 0.3 is 0 Å². The third-order valence-electron chi connectivity index (χ3n) is 3.10. The number of nitrogens with two attached hydrogens (primary N) is 1. The van der Waals surface area contributed by atoms with Crippen molar-refractivity contribution in [3.05, 3.63) is 36.9 Å². The summed E-state index contributed by atoms with van der Waals surface area (Å²) < 4.78 is 1.15. The van der Waals surface area contributed by atoms with E-state index in [4.69, 9.17) is 5.73 Å². The van der Waals surface area contributed by atoms with Gasteiger partial charge in [-0.25, -0.2) is 4.98 Å². The van der Waals surface area contributed by atoms with E-state index in [0.717, 1.165) is 16.0 Å². The minimum absolute atomic E-state index is 0.0868. The van der Waals surface area contributed by atoms with Crippen LogP contribution < -0.4 is 5.73 Å². The molecule has 6 heteroatoms. The molecule has 2 atom stereocenters. The normalized spacial score (nSPS) is 14.8. The molecule has 104 valence electrons. The summed E-state index contributed by atoms with van der Waals surface area (Å²) in [6.07, 6.45) is 0. The minimum atomic E-state index is 0.0868. The van der Waals surface area contributed by atoms with Gasteiger partial charge in [-0.3, -0.25) is 4.90 Å². The van der Waals surface area contributed by atoms with Gasteiger partial charge in [0.05, 0.1) is 21.0 Å². The van der Waals surface area contributed by atoms with E-state index in [1.165, 1.54) is 9.75 Å². The molecule has 0 aromatic carbocycles. The second-order valence-electron chi connectivity index (χ2n) is 4.72. The highest BCUT2D eigenvalue weighted by atomic mass is 79.9. The van der Waals surface area contributed by atoms with E-state index in [0.29, 0.717) is 0 Å². The number of hydrogen-bond donors (Lipinski definition) is 1. The molecule has 2 aromatic rings. The van der Waals surface area contributed by atoms with Crippen LogP contribution >= 0.6 is 38.6 Å². The number of thiazole rings is 1. The molecule has 2 unspecified atom stereocenters. The Morgan fingerprint density at radius 2 is 2.21 bits per heavy atom. The van der Waals surface area contributed by atoms with Crippen molar-refractivity contribution in [2.75, 3.05) is 7.05 Å². The van der Waals surface area contributed by atoms with Crippen molar-refractivity contribution in [2.24, 2.45) is 5.73 Å². The first-order chi connectivity index (χ1) is 8.99. The van der Waals surface area contributed by atoms with E-state index in [2.05, 4.69) is 58.8 Å². The molecule has 2 heterocycles. The fourth-order valence-corrected chi connectivity index (χ4v) is 4.71. The lowest BCUT2D eigenvalue weighted by Gasteiger charge is -2.30. The summed E-state index contributed by atoms with van der Waals surface area (Å²) in [5.74, 6) is 0. The molecule has 19 heavy (non-hydrogen) atoms. The molecule has 0 spiro atoms. The van der Waals surface area contributed by atoms with E-state index in [9.17, 15) is 0 Å². The van der Waals surface area contributed by atoms with Gasteiger partial charge in [0, 0.05) is 22.3 Å². The molecule has 0 aliphatic heterocycles. The summed E-state index contributed by atoms with van der Waals surface area (Å²) in [4.78, 5) is 9.22. The Bertz CT molecular complexity index is 535. The molecule has 0 amide bonds. The van der Waals surface area contributed by atoms with Gasteiger partial charge in [0.25, 0.3) is 0 Å². The number of halogens is 1. The molecule has 0 bridgehead atoms. The molecule has 0 aliphatic carbocycles. The molecule has 0 saturated heterocycles. The Kier molecular flexibility index (Phi) is 5.14. The second kappa shape index (κ2) is 6.45. The molecule has 2 rings (SSSR count). The zero-order valence-electron chi connectivity index (χ0n) is 11.3. The van der Waals surface area contributed by atoms with Crippen molar-refractivity contribution in [2.45, 2.75) is 32.5 Å². The highest BCUT2D eigenvalue weighted by molar-refractivity contribution is 9.11. The topological polar surface area (TPSA) is 42.2 Å². The maximum absolute atomic E-state index is 6.18. The molecule has 0 saturated carbocycles. The van der Waals surface area contributed by atoms with Crippen LogP contribution in [0.5, 0.6) is 0 Å². The summed E-state index contributed by atoms with van der Waals surface area (Å²) in [6.45, 7) is 5.01. The van der Waals surface area contributed by atoms with Crippen LogP contribution in [0, 0.1) is 6.92 Å². The lowest BCUT2D eigenvalue weighted by atomic mass is 10.1. The molecule has 2 N–H and O–H groups in total. The number of nitrogens with zero attached hydrogens (tertiary/aromatic N) is 2. The monoisotopic (exact) mass is 359 g/mol. The maximum Gasteiger partial charge on any atom is 0.0798 e. The molecular formula is C13H18BrN3S2. The lowest BCUT2D eigenvalue weighted by Crippen LogP contribution is -2.36. The van der Waals surface area contributed by atoms with E-state index in [1.807, 2.05) is 5.51 Å². The van der Waals surface area contributed by atoms with Gasteiger partial charge in [-0.2, -0.15) is 0 Å². The molecular weight excluding hydrogens is 342 g/mol. The number of hydrogen-bond acceptors (Lipinski definition) is 5. The predicted octanol–water partition coefficient (Wildman–Crippen LogP) is 3.80. The predicted molar refractivity (Wildman–Crippen MR) is 86.7 cm³/mol. The van der Waals surface area contributed by atoms with E-state index in [1.54, 1.807) is 22.7 Å². The average Bonchev–Trinajstić information content (AvgIpc) is 2.89. The Morgan fingerprint density at radius 3 is 2.68 bits per heavy atom. The highest BCUT2D eigenvalue weighted by Crippen LogP contribution is 2.33. The fourth-order valence-electron chi connectivity index (χ4n) is 2.17. The van der Waals surface area contributed by atoms with Gasteiger partial charge in [-0.15, -0.1) is 22.7 Å². The first kappa shape index (κ1) is 15.1. The van der Waals surface area contributed by atoms with E-state index < -0.39 is 0 Å². The largest absolute Gasteiger partial charge is 0.326 e.